The first-order valence-corrected chi connectivity index (χ1v) is 20.1. The van der Waals surface area contributed by atoms with Crippen LogP contribution >= 0.6 is 0 Å². The Morgan fingerprint density at radius 1 is 0.458 bits per heavy atom. The Kier molecular flexibility index (Phi) is 8.95. The molecule has 0 N–H and O–H groups in total. The van der Waals surface area contributed by atoms with E-state index in [0.717, 1.165) is 72.5 Å². The summed E-state index contributed by atoms with van der Waals surface area (Å²) in [5, 5.41) is 5.98. The van der Waals surface area contributed by atoms with Crippen molar-refractivity contribution in [3.8, 4) is 56.4 Å². The van der Waals surface area contributed by atoms with Crippen molar-refractivity contribution in [2.24, 2.45) is 0 Å². The molecule has 3 heterocycles. The molecule has 10 rings (SSSR count). The standard InChI is InChI=1S/C55H42N4/c1-5-11-45-48-34-44(59-52-14-9-7-12-46(52)47-13-8-10-15-53(47)59)32-33-54(48)58(51(45)6-2)43-30-28-39(29-31-43)38-24-26-41(27-25-38)50-35-49(40-20-16-36(3)17-21-40)56-55(57-50)42-22-18-37(4)19-23-42/h5-35H,1H2,2-4H3/b45-11-,51-6+. The molecule has 4 nitrogen and oxygen atoms in total. The largest absolute Gasteiger partial charge is 0.310 e. The van der Waals surface area contributed by atoms with E-state index in [0.29, 0.717) is 0 Å². The van der Waals surface area contributed by atoms with Crippen LogP contribution in [0.3, 0.4) is 0 Å². The van der Waals surface area contributed by atoms with Gasteiger partial charge in [-0.05, 0) is 80.4 Å². The molecule has 3 aromatic heterocycles. The van der Waals surface area contributed by atoms with Gasteiger partial charge in [-0.2, -0.15) is 0 Å². The molecule has 0 aliphatic heterocycles. The van der Waals surface area contributed by atoms with Gasteiger partial charge in [0.2, 0.25) is 0 Å². The highest BCUT2D eigenvalue weighted by Gasteiger charge is 2.16. The van der Waals surface area contributed by atoms with Crippen molar-refractivity contribution < 1.29 is 0 Å². The van der Waals surface area contributed by atoms with E-state index < -0.39 is 0 Å². The summed E-state index contributed by atoms with van der Waals surface area (Å²) in [6.45, 7) is 10.4. The molecular formula is C55H42N4. The average Bonchev–Trinajstić information content (AvgIpc) is 3.79. The van der Waals surface area contributed by atoms with Gasteiger partial charge in [0.1, 0.15) is 0 Å². The van der Waals surface area contributed by atoms with Crippen molar-refractivity contribution >= 4 is 44.9 Å². The molecule has 0 amide bonds. The van der Waals surface area contributed by atoms with Crippen LogP contribution in [0.1, 0.15) is 18.1 Å². The van der Waals surface area contributed by atoms with E-state index in [4.69, 9.17) is 9.97 Å². The fourth-order valence-electron chi connectivity index (χ4n) is 8.45. The van der Waals surface area contributed by atoms with Crippen molar-refractivity contribution in [2.75, 3.05) is 0 Å². The van der Waals surface area contributed by atoms with Gasteiger partial charge in [0, 0.05) is 54.8 Å². The smallest absolute Gasteiger partial charge is 0.160 e. The molecule has 59 heavy (non-hydrogen) atoms. The molecule has 0 aliphatic carbocycles. The summed E-state index contributed by atoms with van der Waals surface area (Å²) < 4.78 is 4.74. The third-order valence-corrected chi connectivity index (χ3v) is 11.4. The summed E-state index contributed by atoms with van der Waals surface area (Å²) in [4.78, 5) is 10.1. The molecule has 0 spiro atoms. The molecule has 0 radical (unpaired) electrons. The second-order valence-electron chi connectivity index (χ2n) is 15.2. The van der Waals surface area contributed by atoms with E-state index in [9.17, 15) is 0 Å². The van der Waals surface area contributed by atoms with Crippen LogP contribution < -0.4 is 10.6 Å². The maximum atomic E-state index is 5.07. The number of aryl methyl sites for hydroxylation is 2. The van der Waals surface area contributed by atoms with Crippen LogP contribution in [0.2, 0.25) is 0 Å². The van der Waals surface area contributed by atoms with Gasteiger partial charge in [0.05, 0.1) is 27.9 Å². The number of rotatable bonds is 7. The highest BCUT2D eigenvalue weighted by atomic mass is 15.0. The number of fused-ring (bicyclic) bond motifs is 4. The first kappa shape index (κ1) is 35.8. The zero-order chi connectivity index (χ0) is 40.0. The normalized spacial score (nSPS) is 12.3. The van der Waals surface area contributed by atoms with Crippen LogP contribution in [0.5, 0.6) is 0 Å². The number of aromatic nitrogens is 4. The third kappa shape index (κ3) is 6.36. The lowest BCUT2D eigenvalue weighted by molar-refractivity contribution is 1.07. The van der Waals surface area contributed by atoms with Crippen LogP contribution in [0.15, 0.2) is 183 Å². The number of nitrogens with zero attached hydrogens (tertiary/aromatic N) is 4. The van der Waals surface area contributed by atoms with Gasteiger partial charge in [-0.1, -0.05) is 157 Å². The molecule has 0 atom stereocenters. The van der Waals surface area contributed by atoms with Gasteiger partial charge in [0.15, 0.2) is 5.82 Å². The molecule has 282 valence electrons. The number of para-hydroxylation sites is 2. The van der Waals surface area contributed by atoms with Crippen molar-refractivity contribution in [3.05, 3.63) is 204 Å². The summed E-state index contributed by atoms with van der Waals surface area (Å²) in [6, 6.07) is 60.8. The van der Waals surface area contributed by atoms with Gasteiger partial charge in [-0.3, -0.25) is 0 Å². The first-order valence-electron chi connectivity index (χ1n) is 20.1. The van der Waals surface area contributed by atoms with Crippen LogP contribution in [0.25, 0.3) is 101 Å². The van der Waals surface area contributed by atoms with E-state index in [2.05, 4.69) is 218 Å². The molecule has 10 aromatic rings. The SMILES string of the molecule is C=C/C=c1\c(=C/C)n(-c2ccc(-c3ccc(-c4cc(-c5ccc(C)cc5)nc(-c5ccc(C)cc5)n4)cc3)cc2)c2ccc(-n3c4ccccc4c4ccccc43)cc12. The van der Waals surface area contributed by atoms with Crippen molar-refractivity contribution in [2.45, 2.75) is 20.8 Å². The fourth-order valence-corrected chi connectivity index (χ4v) is 8.45. The molecule has 0 aliphatic rings. The zero-order valence-corrected chi connectivity index (χ0v) is 33.4. The lowest BCUT2D eigenvalue weighted by Crippen LogP contribution is -2.27. The quantitative estimate of drug-likeness (QED) is 0.162. The Hall–Kier alpha value is -7.56. The minimum Gasteiger partial charge on any atom is -0.310 e. The summed E-state index contributed by atoms with van der Waals surface area (Å²) in [7, 11) is 0. The lowest BCUT2D eigenvalue weighted by Gasteiger charge is -2.12. The predicted molar refractivity (Wildman–Crippen MR) is 248 cm³/mol. The number of hydrogen-bond acceptors (Lipinski definition) is 2. The van der Waals surface area contributed by atoms with Gasteiger partial charge >= 0.3 is 0 Å². The van der Waals surface area contributed by atoms with Gasteiger partial charge < -0.3 is 9.13 Å². The van der Waals surface area contributed by atoms with Gasteiger partial charge in [-0.15, -0.1) is 0 Å². The molecule has 0 fully saturated rings. The monoisotopic (exact) mass is 758 g/mol. The Bertz CT molecular complexity index is 3210. The average molecular weight is 759 g/mol. The lowest BCUT2D eigenvalue weighted by atomic mass is 10.0. The van der Waals surface area contributed by atoms with E-state index >= 15 is 0 Å². The van der Waals surface area contributed by atoms with Crippen LogP contribution in [0, 0.1) is 13.8 Å². The number of benzene rings is 7. The van der Waals surface area contributed by atoms with Crippen molar-refractivity contribution in [1.29, 1.82) is 0 Å². The molecule has 0 unspecified atom stereocenters. The molecule has 0 bridgehead atoms. The Morgan fingerprint density at radius 2 is 0.932 bits per heavy atom. The highest BCUT2D eigenvalue weighted by Crippen LogP contribution is 2.34. The predicted octanol–water partition coefficient (Wildman–Crippen LogP) is 12.6. The minimum absolute atomic E-state index is 0.718. The third-order valence-electron chi connectivity index (χ3n) is 11.4. The Labute approximate surface area is 344 Å². The fraction of sp³-hybridized carbons (Fsp3) is 0.0545. The highest BCUT2D eigenvalue weighted by molar-refractivity contribution is 6.09. The summed E-state index contributed by atoms with van der Waals surface area (Å²) in [5.41, 5.74) is 15.4. The van der Waals surface area contributed by atoms with E-state index in [-0.39, 0.29) is 0 Å². The molecule has 0 saturated heterocycles. The molecule has 4 heteroatoms. The van der Waals surface area contributed by atoms with E-state index in [1.807, 2.05) is 6.08 Å². The first-order chi connectivity index (χ1) is 29.0. The second-order valence-corrected chi connectivity index (χ2v) is 15.2. The van der Waals surface area contributed by atoms with Crippen molar-refractivity contribution in [1.82, 2.24) is 19.1 Å². The summed E-state index contributed by atoms with van der Waals surface area (Å²) >= 11 is 0. The molecule has 0 saturated carbocycles. The second kappa shape index (κ2) is 14.7. The topological polar surface area (TPSA) is 35.6 Å². The molecule has 7 aromatic carbocycles. The Morgan fingerprint density at radius 3 is 1.49 bits per heavy atom. The maximum absolute atomic E-state index is 5.07. The summed E-state index contributed by atoms with van der Waals surface area (Å²) in [5.74, 6) is 0.718. The van der Waals surface area contributed by atoms with Crippen LogP contribution in [0.4, 0.5) is 0 Å². The Balaban J connectivity index is 1.01. The summed E-state index contributed by atoms with van der Waals surface area (Å²) in [6.07, 6.45) is 6.22. The number of hydrogen-bond donors (Lipinski definition) is 0. The maximum Gasteiger partial charge on any atom is 0.160 e. The van der Waals surface area contributed by atoms with Crippen molar-refractivity contribution in [3.63, 3.8) is 0 Å². The zero-order valence-electron chi connectivity index (χ0n) is 33.4. The number of allylic oxidation sites excluding steroid dienone is 1. The minimum atomic E-state index is 0.718. The van der Waals surface area contributed by atoms with Gasteiger partial charge in [0.25, 0.3) is 0 Å². The van der Waals surface area contributed by atoms with E-state index in [1.54, 1.807) is 0 Å². The van der Waals surface area contributed by atoms with E-state index in [1.165, 1.54) is 38.3 Å². The van der Waals surface area contributed by atoms with Crippen LogP contribution in [-0.2, 0) is 0 Å². The molecular weight excluding hydrogens is 717 g/mol. The van der Waals surface area contributed by atoms with Crippen LogP contribution in [-0.4, -0.2) is 19.1 Å². The van der Waals surface area contributed by atoms with Gasteiger partial charge in [-0.25, -0.2) is 9.97 Å².